The first-order valence-electron chi connectivity index (χ1n) is 5.90. The Morgan fingerprint density at radius 3 is 2.88 bits per heavy atom. The van der Waals surface area contributed by atoms with Crippen molar-refractivity contribution in [2.75, 3.05) is 17.7 Å². The molecule has 0 bridgehead atoms. The van der Waals surface area contributed by atoms with Crippen molar-refractivity contribution < 1.29 is 4.74 Å². The van der Waals surface area contributed by atoms with E-state index in [0.29, 0.717) is 12.1 Å². The van der Waals surface area contributed by atoms with Gasteiger partial charge in [0.1, 0.15) is 0 Å². The van der Waals surface area contributed by atoms with Crippen LogP contribution in [0.4, 0.5) is 11.4 Å². The van der Waals surface area contributed by atoms with Gasteiger partial charge in [-0.05, 0) is 50.5 Å². The molecule has 2 unspecified atom stereocenters. The van der Waals surface area contributed by atoms with Crippen LogP contribution in [0, 0.1) is 6.92 Å². The van der Waals surface area contributed by atoms with Crippen LogP contribution in [0.5, 0.6) is 0 Å². The zero-order valence-corrected chi connectivity index (χ0v) is 9.99. The molecule has 0 spiro atoms. The quantitative estimate of drug-likeness (QED) is 0.770. The minimum Gasteiger partial charge on any atom is -0.399 e. The highest BCUT2D eigenvalue weighted by Crippen LogP contribution is 2.21. The lowest BCUT2D eigenvalue weighted by molar-refractivity contribution is 0.0996. The van der Waals surface area contributed by atoms with E-state index in [1.807, 2.05) is 12.1 Å². The van der Waals surface area contributed by atoms with E-state index in [-0.39, 0.29) is 0 Å². The first-order chi connectivity index (χ1) is 7.65. The molecule has 1 aliphatic heterocycles. The fourth-order valence-electron chi connectivity index (χ4n) is 2.25. The van der Waals surface area contributed by atoms with Crippen LogP contribution >= 0.6 is 0 Å². The second kappa shape index (κ2) is 4.74. The van der Waals surface area contributed by atoms with E-state index in [0.717, 1.165) is 24.4 Å². The molecule has 3 heteroatoms. The summed E-state index contributed by atoms with van der Waals surface area (Å²) in [5, 5.41) is 3.46. The van der Waals surface area contributed by atoms with Gasteiger partial charge in [-0.25, -0.2) is 0 Å². The Balaban J connectivity index is 2.02. The normalized spacial score (nSPS) is 22.0. The topological polar surface area (TPSA) is 47.3 Å². The molecule has 0 radical (unpaired) electrons. The molecule has 0 saturated carbocycles. The van der Waals surface area contributed by atoms with E-state index >= 15 is 0 Å². The number of nitrogen functional groups attached to an aromatic ring is 1. The molecule has 3 nitrogen and oxygen atoms in total. The molecule has 1 aromatic rings. The highest BCUT2D eigenvalue weighted by Gasteiger charge is 2.22. The molecule has 0 amide bonds. The van der Waals surface area contributed by atoms with Gasteiger partial charge in [-0.3, -0.25) is 0 Å². The number of nitrogens with one attached hydrogen (secondary N) is 1. The van der Waals surface area contributed by atoms with E-state index in [9.17, 15) is 0 Å². The minimum absolute atomic E-state index is 0.335. The Kier molecular flexibility index (Phi) is 3.34. The van der Waals surface area contributed by atoms with Gasteiger partial charge in [0.15, 0.2) is 0 Å². The highest BCUT2D eigenvalue weighted by molar-refractivity contribution is 5.57. The Bertz CT molecular complexity index is 339. The maximum Gasteiger partial charge on any atom is 0.0774 e. The van der Waals surface area contributed by atoms with Crippen molar-refractivity contribution in [3.8, 4) is 0 Å². The van der Waals surface area contributed by atoms with Gasteiger partial charge in [-0.1, -0.05) is 0 Å². The van der Waals surface area contributed by atoms with E-state index < -0.39 is 0 Å². The third-order valence-electron chi connectivity index (χ3n) is 3.02. The van der Waals surface area contributed by atoms with E-state index in [2.05, 4.69) is 25.2 Å². The van der Waals surface area contributed by atoms with E-state index in [1.54, 1.807) is 0 Å². The van der Waals surface area contributed by atoms with Crippen LogP contribution in [0.15, 0.2) is 18.2 Å². The average molecular weight is 220 g/mol. The fraction of sp³-hybridized carbons (Fsp3) is 0.538. The predicted molar refractivity (Wildman–Crippen MR) is 67.7 cm³/mol. The van der Waals surface area contributed by atoms with E-state index in [1.165, 1.54) is 12.0 Å². The molecule has 16 heavy (non-hydrogen) atoms. The molecule has 2 atom stereocenters. The first kappa shape index (κ1) is 11.3. The lowest BCUT2D eigenvalue weighted by Crippen LogP contribution is -2.30. The zero-order chi connectivity index (χ0) is 11.5. The average Bonchev–Trinajstić information content (AvgIpc) is 2.68. The summed E-state index contributed by atoms with van der Waals surface area (Å²) in [6.45, 7) is 5.11. The molecular formula is C13H20N2O. The van der Waals surface area contributed by atoms with Crippen LogP contribution in [-0.2, 0) is 4.74 Å². The van der Waals surface area contributed by atoms with Gasteiger partial charge in [-0.15, -0.1) is 0 Å². The second-order valence-electron chi connectivity index (χ2n) is 4.62. The molecule has 1 aromatic carbocycles. The summed E-state index contributed by atoms with van der Waals surface area (Å²) >= 11 is 0. The number of hydrogen-bond donors (Lipinski definition) is 2. The van der Waals surface area contributed by atoms with Crippen molar-refractivity contribution in [3.05, 3.63) is 23.8 Å². The number of ether oxygens (including phenoxy) is 1. The predicted octanol–water partition coefficient (Wildman–Crippen LogP) is 2.56. The smallest absolute Gasteiger partial charge is 0.0774 e. The molecule has 1 heterocycles. The maximum absolute atomic E-state index is 5.82. The standard InChI is InChI=1S/C13H20N2O/c1-9-6-11(14)8-12(7-9)15-10(2)13-4-3-5-16-13/h6-8,10,13,15H,3-5,14H2,1-2H3. The molecule has 1 aliphatic rings. The van der Waals surface area contributed by atoms with Crippen molar-refractivity contribution in [2.45, 2.75) is 38.8 Å². The molecule has 1 fully saturated rings. The Labute approximate surface area is 97.0 Å². The van der Waals surface area contributed by atoms with Crippen LogP contribution in [0.25, 0.3) is 0 Å². The minimum atomic E-state index is 0.335. The number of aryl methyl sites for hydroxylation is 1. The summed E-state index contributed by atoms with van der Waals surface area (Å²) < 4.78 is 5.65. The molecule has 0 aromatic heterocycles. The Morgan fingerprint density at radius 2 is 2.25 bits per heavy atom. The van der Waals surface area contributed by atoms with Crippen molar-refractivity contribution in [1.29, 1.82) is 0 Å². The largest absolute Gasteiger partial charge is 0.399 e. The third-order valence-corrected chi connectivity index (χ3v) is 3.02. The molecular weight excluding hydrogens is 200 g/mol. The Hall–Kier alpha value is -1.22. The van der Waals surface area contributed by atoms with Crippen LogP contribution in [0.2, 0.25) is 0 Å². The SMILES string of the molecule is Cc1cc(N)cc(NC(C)C2CCCO2)c1. The zero-order valence-electron chi connectivity index (χ0n) is 9.99. The van der Waals surface area contributed by atoms with Gasteiger partial charge in [0.2, 0.25) is 0 Å². The lowest BCUT2D eigenvalue weighted by Gasteiger charge is -2.21. The number of rotatable bonds is 3. The van der Waals surface area contributed by atoms with Gasteiger partial charge in [-0.2, -0.15) is 0 Å². The van der Waals surface area contributed by atoms with Gasteiger partial charge >= 0.3 is 0 Å². The summed E-state index contributed by atoms with van der Waals surface area (Å²) in [4.78, 5) is 0. The number of anilines is 2. The molecule has 1 saturated heterocycles. The monoisotopic (exact) mass is 220 g/mol. The second-order valence-corrected chi connectivity index (χ2v) is 4.62. The number of benzene rings is 1. The third kappa shape index (κ3) is 2.67. The summed E-state index contributed by atoms with van der Waals surface area (Å²) in [7, 11) is 0. The summed E-state index contributed by atoms with van der Waals surface area (Å²) in [5.74, 6) is 0. The van der Waals surface area contributed by atoms with Gasteiger partial charge < -0.3 is 15.8 Å². The first-order valence-corrected chi connectivity index (χ1v) is 5.90. The van der Waals surface area contributed by atoms with E-state index in [4.69, 9.17) is 10.5 Å². The molecule has 88 valence electrons. The van der Waals surface area contributed by atoms with Gasteiger partial charge in [0.25, 0.3) is 0 Å². The van der Waals surface area contributed by atoms with Gasteiger partial charge in [0, 0.05) is 24.0 Å². The maximum atomic E-state index is 5.82. The van der Waals surface area contributed by atoms with Crippen molar-refractivity contribution in [3.63, 3.8) is 0 Å². The van der Waals surface area contributed by atoms with Crippen LogP contribution in [-0.4, -0.2) is 18.8 Å². The van der Waals surface area contributed by atoms with Crippen molar-refractivity contribution in [2.24, 2.45) is 0 Å². The summed E-state index contributed by atoms with van der Waals surface area (Å²) in [6.07, 6.45) is 2.66. The van der Waals surface area contributed by atoms with Crippen molar-refractivity contribution >= 4 is 11.4 Å². The van der Waals surface area contributed by atoms with Crippen LogP contribution in [0.1, 0.15) is 25.3 Å². The highest BCUT2D eigenvalue weighted by atomic mass is 16.5. The molecule has 0 aliphatic carbocycles. The van der Waals surface area contributed by atoms with Crippen molar-refractivity contribution in [1.82, 2.24) is 0 Å². The lowest BCUT2D eigenvalue weighted by atomic mass is 10.1. The van der Waals surface area contributed by atoms with Crippen LogP contribution in [0.3, 0.4) is 0 Å². The van der Waals surface area contributed by atoms with Gasteiger partial charge in [0.05, 0.1) is 6.10 Å². The summed E-state index contributed by atoms with van der Waals surface area (Å²) in [5.41, 5.74) is 8.89. The summed E-state index contributed by atoms with van der Waals surface area (Å²) in [6, 6.07) is 6.39. The fourth-order valence-corrected chi connectivity index (χ4v) is 2.25. The Morgan fingerprint density at radius 1 is 1.44 bits per heavy atom. The molecule has 2 rings (SSSR count). The number of hydrogen-bond acceptors (Lipinski definition) is 3. The molecule has 3 N–H and O–H groups in total. The van der Waals surface area contributed by atoms with Crippen LogP contribution < -0.4 is 11.1 Å². The number of nitrogens with two attached hydrogens (primary N) is 1.